The molecule has 0 aromatic heterocycles. The maximum Gasteiger partial charge on any atom is 0.243 e. The van der Waals surface area contributed by atoms with Crippen molar-refractivity contribution in [2.24, 2.45) is 0 Å². The van der Waals surface area contributed by atoms with Gasteiger partial charge in [0.25, 0.3) is 0 Å². The van der Waals surface area contributed by atoms with Crippen molar-refractivity contribution in [3.63, 3.8) is 0 Å². The van der Waals surface area contributed by atoms with Crippen LogP contribution in [0.2, 0.25) is 0 Å². The standard InChI is InChI=1S/C33H43N3O4S/c1-6-27(4)34-33(38)31(23-28-14-8-7-9-15-28)35(24-29-20-18-25(2)19-21-29)32(37)17-12-22-36(41(5,39)40)30-16-11-10-13-26(30)3/h7-11,13-16,18-21,27,31H,6,12,17,22-24H2,1-5H3,(H,34,38)/t27-,31+/m1/s1. The van der Waals surface area contributed by atoms with Crippen LogP contribution in [0.15, 0.2) is 78.9 Å². The van der Waals surface area contributed by atoms with E-state index in [1.165, 1.54) is 10.6 Å². The van der Waals surface area contributed by atoms with E-state index in [0.717, 1.165) is 28.7 Å². The topological polar surface area (TPSA) is 86.8 Å². The summed E-state index contributed by atoms with van der Waals surface area (Å²) in [6.07, 6.45) is 2.75. The normalized spacial score (nSPS) is 12.8. The summed E-state index contributed by atoms with van der Waals surface area (Å²) in [5, 5.41) is 3.08. The summed E-state index contributed by atoms with van der Waals surface area (Å²) in [6.45, 7) is 8.27. The van der Waals surface area contributed by atoms with Crippen molar-refractivity contribution >= 4 is 27.5 Å². The Morgan fingerprint density at radius 3 is 2.12 bits per heavy atom. The molecular weight excluding hydrogens is 534 g/mol. The lowest BCUT2D eigenvalue weighted by Crippen LogP contribution is -2.52. The zero-order valence-electron chi connectivity index (χ0n) is 24.8. The number of carbonyl (C=O) groups excluding carboxylic acids is 2. The number of hydrogen-bond donors (Lipinski definition) is 1. The molecule has 0 unspecified atom stereocenters. The first kappa shape index (κ1) is 31.9. The van der Waals surface area contributed by atoms with Crippen LogP contribution < -0.4 is 9.62 Å². The third kappa shape index (κ3) is 9.46. The van der Waals surface area contributed by atoms with Gasteiger partial charge in [-0.2, -0.15) is 0 Å². The fourth-order valence-corrected chi connectivity index (χ4v) is 5.73. The molecule has 0 fully saturated rings. The van der Waals surface area contributed by atoms with E-state index in [1.807, 2.05) is 94.4 Å². The van der Waals surface area contributed by atoms with Crippen molar-refractivity contribution in [3.8, 4) is 0 Å². The van der Waals surface area contributed by atoms with Gasteiger partial charge in [0.15, 0.2) is 0 Å². The van der Waals surface area contributed by atoms with Gasteiger partial charge in [0.1, 0.15) is 6.04 Å². The molecule has 3 aromatic carbocycles. The number of nitrogens with one attached hydrogen (secondary N) is 1. The second-order valence-corrected chi connectivity index (χ2v) is 12.7. The average molecular weight is 578 g/mol. The molecule has 0 saturated carbocycles. The van der Waals surface area contributed by atoms with E-state index < -0.39 is 16.1 Å². The maximum absolute atomic E-state index is 13.9. The highest BCUT2D eigenvalue weighted by molar-refractivity contribution is 7.92. The second kappa shape index (κ2) is 14.8. The van der Waals surface area contributed by atoms with Gasteiger partial charge in [-0.3, -0.25) is 13.9 Å². The fourth-order valence-electron chi connectivity index (χ4n) is 4.71. The Labute approximate surface area is 245 Å². The lowest BCUT2D eigenvalue weighted by Gasteiger charge is -2.33. The summed E-state index contributed by atoms with van der Waals surface area (Å²) in [7, 11) is -3.55. The molecule has 2 atom stereocenters. The quantitative estimate of drug-likeness (QED) is 0.278. The third-order valence-corrected chi connectivity index (χ3v) is 8.46. The Balaban J connectivity index is 1.89. The zero-order chi connectivity index (χ0) is 30.0. The molecule has 3 aromatic rings. The second-order valence-electron chi connectivity index (χ2n) is 10.8. The molecule has 220 valence electrons. The molecule has 0 heterocycles. The molecule has 0 radical (unpaired) electrons. The maximum atomic E-state index is 13.9. The number of nitrogens with zero attached hydrogens (tertiary/aromatic N) is 2. The lowest BCUT2D eigenvalue weighted by atomic mass is 10.0. The predicted octanol–water partition coefficient (Wildman–Crippen LogP) is 5.40. The summed E-state index contributed by atoms with van der Waals surface area (Å²) in [5.74, 6) is -0.384. The highest BCUT2D eigenvalue weighted by Crippen LogP contribution is 2.23. The van der Waals surface area contributed by atoms with E-state index in [0.29, 0.717) is 18.5 Å². The highest BCUT2D eigenvalue weighted by atomic mass is 32.2. The van der Waals surface area contributed by atoms with Crippen LogP contribution in [0.25, 0.3) is 0 Å². The van der Waals surface area contributed by atoms with Crippen molar-refractivity contribution in [2.45, 2.75) is 72.0 Å². The molecule has 0 spiro atoms. The predicted molar refractivity (Wildman–Crippen MR) is 166 cm³/mol. The smallest absolute Gasteiger partial charge is 0.243 e. The molecule has 41 heavy (non-hydrogen) atoms. The van der Waals surface area contributed by atoms with E-state index in [-0.39, 0.29) is 37.4 Å². The number of para-hydroxylation sites is 1. The van der Waals surface area contributed by atoms with Crippen molar-refractivity contribution in [2.75, 3.05) is 17.1 Å². The van der Waals surface area contributed by atoms with Gasteiger partial charge in [-0.05, 0) is 56.4 Å². The Bertz CT molecular complexity index is 1390. The third-order valence-electron chi connectivity index (χ3n) is 7.28. The average Bonchev–Trinajstić information content (AvgIpc) is 2.94. The first-order chi connectivity index (χ1) is 19.5. The number of anilines is 1. The van der Waals surface area contributed by atoms with Crippen LogP contribution in [-0.4, -0.2) is 50.0 Å². The number of hydrogen-bond acceptors (Lipinski definition) is 4. The Morgan fingerprint density at radius 1 is 0.878 bits per heavy atom. The number of sulfonamides is 1. The number of carbonyl (C=O) groups is 2. The van der Waals surface area contributed by atoms with Crippen LogP contribution in [0.5, 0.6) is 0 Å². The van der Waals surface area contributed by atoms with Gasteiger partial charge >= 0.3 is 0 Å². The van der Waals surface area contributed by atoms with Crippen LogP contribution >= 0.6 is 0 Å². The monoisotopic (exact) mass is 577 g/mol. The number of rotatable bonds is 14. The largest absolute Gasteiger partial charge is 0.352 e. The van der Waals surface area contributed by atoms with Crippen LogP contribution in [0.3, 0.4) is 0 Å². The number of aryl methyl sites for hydroxylation is 2. The molecule has 3 rings (SSSR count). The highest BCUT2D eigenvalue weighted by Gasteiger charge is 2.31. The van der Waals surface area contributed by atoms with Crippen LogP contribution in [-0.2, 0) is 32.6 Å². The Kier molecular flexibility index (Phi) is 11.5. The van der Waals surface area contributed by atoms with E-state index in [2.05, 4.69) is 5.32 Å². The molecule has 7 nitrogen and oxygen atoms in total. The van der Waals surface area contributed by atoms with E-state index >= 15 is 0 Å². The van der Waals surface area contributed by atoms with Crippen LogP contribution in [0, 0.1) is 13.8 Å². The van der Waals surface area contributed by atoms with E-state index in [4.69, 9.17) is 0 Å². The van der Waals surface area contributed by atoms with E-state index in [9.17, 15) is 18.0 Å². The van der Waals surface area contributed by atoms with Gasteiger partial charge in [0, 0.05) is 32.0 Å². The van der Waals surface area contributed by atoms with Gasteiger partial charge in [-0.1, -0.05) is 85.3 Å². The Morgan fingerprint density at radius 2 is 1.51 bits per heavy atom. The first-order valence-electron chi connectivity index (χ1n) is 14.2. The van der Waals surface area contributed by atoms with Crippen molar-refractivity contribution in [1.29, 1.82) is 0 Å². The van der Waals surface area contributed by atoms with Gasteiger partial charge in [0.2, 0.25) is 21.8 Å². The van der Waals surface area contributed by atoms with Crippen molar-refractivity contribution in [3.05, 3.63) is 101 Å². The molecular formula is C33H43N3O4S. The SMILES string of the molecule is CC[C@@H](C)NC(=O)[C@H](Cc1ccccc1)N(Cc1ccc(C)cc1)C(=O)CCCN(c1ccccc1C)S(C)(=O)=O. The van der Waals surface area contributed by atoms with Gasteiger partial charge in [-0.15, -0.1) is 0 Å². The molecule has 0 aliphatic carbocycles. The van der Waals surface area contributed by atoms with Crippen LogP contribution in [0.4, 0.5) is 5.69 Å². The summed E-state index contributed by atoms with van der Waals surface area (Å²) in [6, 6.07) is 24.2. The summed E-state index contributed by atoms with van der Waals surface area (Å²) in [4.78, 5) is 29.2. The van der Waals surface area contributed by atoms with Crippen LogP contribution in [0.1, 0.15) is 55.4 Å². The summed E-state index contributed by atoms with van der Waals surface area (Å²) < 4.78 is 26.7. The van der Waals surface area contributed by atoms with Crippen molar-refractivity contribution < 1.29 is 18.0 Å². The molecule has 0 aliphatic rings. The minimum Gasteiger partial charge on any atom is -0.352 e. The fraction of sp³-hybridized carbons (Fsp3) is 0.394. The minimum absolute atomic E-state index is 0.0328. The molecule has 2 amide bonds. The Hall–Kier alpha value is -3.65. The molecule has 8 heteroatoms. The summed E-state index contributed by atoms with van der Waals surface area (Å²) >= 11 is 0. The van der Waals surface area contributed by atoms with Gasteiger partial charge in [0.05, 0.1) is 11.9 Å². The molecule has 0 aliphatic heterocycles. The van der Waals surface area contributed by atoms with Gasteiger partial charge < -0.3 is 10.2 Å². The lowest BCUT2D eigenvalue weighted by molar-refractivity contribution is -0.141. The minimum atomic E-state index is -3.55. The first-order valence-corrected chi connectivity index (χ1v) is 16.1. The number of amides is 2. The summed E-state index contributed by atoms with van der Waals surface area (Å²) in [5.41, 5.74) is 4.44. The zero-order valence-corrected chi connectivity index (χ0v) is 25.7. The van der Waals surface area contributed by atoms with Gasteiger partial charge in [-0.25, -0.2) is 8.42 Å². The van der Waals surface area contributed by atoms with E-state index in [1.54, 1.807) is 17.0 Å². The molecule has 1 N–H and O–H groups in total. The molecule has 0 saturated heterocycles. The number of benzene rings is 3. The molecule has 0 bridgehead atoms. The van der Waals surface area contributed by atoms with Crippen molar-refractivity contribution in [1.82, 2.24) is 10.2 Å².